The van der Waals surface area contributed by atoms with Gasteiger partial charge in [0.05, 0.1) is 23.4 Å². The molecule has 0 spiro atoms. The molecule has 3 rings (SSSR count). The first-order chi connectivity index (χ1) is 15.7. The van der Waals surface area contributed by atoms with Crippen LogP contribution in [0, 0.1) is 18.8 Å². The molecule has 1 aromatic carbocycles. The molecule has 8 nitrogen and oxygen atoms in total. The van der Waals surface area contributed by atoms with Crippen LogP contribution in [0.15, 0.2) is 42.5 Å². The zero-order chi connectivity index (χ0) is 24.1. The van der Waals surface area contributed by atoms with E-state index in [0.29, 0.717) is 4.88 Å². The van der Waals surface area contributed by atoms with Crippen LogP contribution in [0.3, 0.4) is 0 Å². The number of ketones is 1. The van der Waals surface area contributed by atoms with Crippen LogP contribution in [0.2, 0.25) is 0 Å². The Labute approximate surface area is 196 Å². The van der Waals surface area contributed by atoms with Crippen LogP contribution in [0.5, 0.6) is 0 Å². The molecule has 174 valence electrons. The molecule has 3 atom stereocenters. The highest BCUT2D eigenvalue weighted by atomic mass is 32.1. The molecule has 0 bridgehead atoms. The van der Waals surface area contributed by atoms with Crippen molar-refractivity contribution in [3.63, 3.8) is 0 Å². The fourth-order valence-electron chi connectivity index (χ4n) is 3.71. The summed E-state index contributed by atoms with van der Waals surface area (Å²) >= 11 is 1.36. The molecule has 1 aromatic heterocycles. The molecule has 1 saturated heterocycles. The number of hydrogen-bond acceptors (Lipinski definition) is 6. The largest absolute Gasteiger partial charge is 0.346 e. The Kier molecular flexibility index (Phi) is 7.75. The summed E-state index contributed by atoms with van der Waals surface area (Å²) < 4.78 is 0. The maximum Gasteiger partial charge on any atom is 0.261 e. The van der Waals surface area contributed by atoms with Crippen LogP contribution in [0.1, 0.15) is 52.8 Å². The smallest absolute Gasteiger partial charge is 0.261 e. The molecule has 1 aliphatic heterocycles. The van der Waals surface area contributed by atoms with Gasteiger partial charge in [0.1, 0.15) is 5.92 Å². The van der Waals surface area contributed by atoms with E-state index in [9.17, 15) is 24.0 Å². The van der Waals surface area contributed by atoms with Crippen molar-refractivity contribution in [3.05, 3.63) is 57.8 Å². The minimum Gasteiger partial charge on any atom is -0.346 e. The third-order valence-corrected chi connectivity index (χ3v) is 6.46. The summed E-state index contributed by atoms with van der Waals surface area (Å²) in [6, 6.07) is 11.2. The van der Waals surface area contributed by atoms with Gasteiger partial charge < -0.3 is 10.6 Å². The van der Waals surface area contributed by atoms with Crippen LogP contribution in [0.25, 0.3) is 0 Å². The van der Waals surface area contributed by atoms with Crippen LogP contribution in [-0.2, 0) is 19.2 Å². The van der Waals surface area contributed by atoms with E-state index in [1.54, 1.807) is 19.9 Å². The second-order valence-electron chi connectivity index (χ2n) is 8.41. The van der Waals surface area contributed by atoms with Gasteiger partial charge in [-0.15, -0.1) is 11.3 Å². The molecule has 33 heavy (non-hydrogen) atoms. The normalized spacial score (nSPS) is 17.4. The van der Waals surface area contributed by atoms with Gasteiger partial charge in [-0.2, -0.15) is 0 Å². The lowest BCUT2D eigenvalue weighted by molar-refractivity contribution is -0.136. The number of amides is 4. The zero-order valence-electron chi connectivity index (χ0n) is 18.7. The Bertz CT molecular complexity index is 1060. The molecule has 4 amide bonds. The number of nitrogens with one attached hydrogen (secondary N) is 3. The second kappa shape index (κ2) is 10.5. The molecule has 2 aromatic rings. The molecule has 1 fully saturated rings. The highest BCUT2D eigenvalue weighted by molar-refractivity contribution is 7.13. The molecule has 0 aliphatic carbocycles. The van der Waals surface area contributed by atoms with Gasteiger partial charge in [-0.25, -0.2) is 0 Å². The highest BCUT2D eigenvalue weighted by Gasteiger charge is 2.41. The van der Waals surface area contributed by atoms with Crippen molar-refractivity contribution in [1.82, 2.24) is 16.0 Å². The van der Waals surface area contributed by atoms with Crippen LogP contribution < -0.4 is 16.0 Å². The van der Waals surface area contributed by atoms with E-state index in [0.717, 1.165) is 10.4 Å². The van der Waals surface area contributed by atoms with Crippen molar-refractivity contribution in [1.29, 1.82) is 0 Å². The van der Waals surface area contributed by atoms with Crippen LogP contribution in [0.4, 0.5) is 0 Å². The Morgan fingerprint density at radius 1 is 1.06 bits per heavy atom. The molecular weight excluding hydrogens is 442 g/mol. The van der Waals surface area contributed by atoms with Crippen molar-refractivity contribution in [2.24, 2.45) is 11.8 Å². The van der Waals surface area contributed by atoms with Crippen molar-refractivity contribution in [2.45, 2.75) is 45.7 Å². The number of carbonyl (C=O) groups excluding carboxylic acids is 5. The van der Waals surface area contributed by atoms with Gasteiger partial charge in [-0.05, 0) is 30.5 Å². The SMILES string of the molecule is Cc1ccc(C(=O)N[C@@H](CC(=O)NC(C(=O)[C@H]2CC(=O)NC2=O)C(C)C)c2ccccc2)s1. The first kappa shape index (κ1) is 24.3. The molecule has 2 heterocycles. The van der Waals surface area contributed by atoms with Crippen LogP contribution in [-0.4, -0.2) is 35.5 Å². The minimum absolute atomic E-state index is 0.0909. The minimum atomic E-state index is -1.10. The number of carbonyl (C=O) groups is 5. The van der Waals surface area contributed by atoms with E-state index in [-0.39, 0.29) is 24.7 Å². The number of rotatable bonds is 9. The number of hydrogen-bond donors (Lipinski definition) is 3. The maximum atomic E-state index is 12.9. The van der Waals surface area contributed by atoms with Gasteiger partial charge in [0.2, 0.25) is 17.7 Å². The second-order valence-corrected chi connectivity index (χ2v) is 9.70. The van der Waals surface area contributed by atoms with Gasteiger partial charge >= 0.3 is 0 Å². The quantitative estimate of drug-likeness (QED) is 0.384. The highest BCUT2D eigenvalue weighted by Crippen LogP contribution is 2.22. The number of aryl methyl sites for hydroxylation is 1. The van der Waals surface area contributed by atoms with E-state index < -0.39 is 41.5 Å². The monoisotopic (exact) mass is 469 g/mol. The van der Waals surface area contributed by atoms with Crippen molar-refractivity contribution >= 4 is 40.7 Å². The third kappa shape index (κ3) is 6.13. The fourth-order valence-corrected chi connectivity index (χ4v) is 4.48. The molecule has 0 saturated carbocycles. The molecule has 9 heteroatoms. The summed E-state index contributed by atoms with van der Waals surface area (Å²) in [6.07, 6.45) is -0.300. The van der Waals surface area contributed by atoms with E-state index in [4.69, 9.17) is 0 Å². The number of imide groups is 1. The van der Waals surface area contributed by atoms with E-state index >= 15 is 0 Å². The lowest BCUT2D eigenvalue weighted by atomic mass is 9.89. The Morgan fingerprint density at radius 3 is 2.30 bits per heavy atom. The predicted octanol–water partition coefficient (Wildman–Crippen LogP) is 2.29. The number of benzene rings is 1. The fraction of sp³-hybridized carbons (Fsp3) is 0.375. The van der Waals surface area contributed by atoms with E-state index in [2.05, 4.69) is 16.0 Å². The first-order valence-corrected chi connectivity index (χ1v) is 11.6. The molecule has 0 radical (unpaired) electrons. The number of Topliss-reactive ketones (excluding diaryl/α,β-unsaturated/α-hetero) is 1. The summed E-state index contributed by atoms with van der Waals surface area (Å²) in [5, 5.41) is 7.76. The van der Waals surface area contributed by atoms with Crippen molar-refractivity contribution < 1.29 is 24.0 Å². The Balaban J connectivity index is 1.73. The van der Waals surface area contributed by atoms with Gasteiger partial charge in [0, 0.05) is 11.3 Å². The van der Waals surface area contributed by atoms with Gasteiger partial charge in [-0.1, -0.05) is 44.2 Å². The third-order valence-electron chi connectivity index (χ3n) is 5.46. The van der Waals surface area contributed by atoms with E-state index in [1.807, 2.05) is 43.3 Å². The number of thiophene rings is 1. The maximum absolute atomic E-state index is 12.9. The van der Waals surface area contributed by atoms with Crippen molar-refractivity contribution in [2.75, 3.05) is 0 Å². The molecular formula is C24H27N3O5S. The van der Waals surface area contributed by atoms with Gasteiger partial charge in [0.25, 0.3) is 5.91 Å². The molecule has 1 aliphatic rings. The van der Waals surface area contributed by atoms with E-state index in [1.165, 1.54) is 11.3 Å². The van der Waals surface area contributed by atoms with Gasteiger partial charge in [0.15, 0.2) is 5.78 Å². The lowest BCUT2D eigenvalue weighted by Gasteiger charge is -2.25. The molecule has 1 unspecified atom stereocenters. The average molecular weight is 470 g/mol. The standard InChI is InChI=1S/C24H27N3O5S/c1-13(2)21(22(30)16-11-19(28)27-23(16)31)26-20(29)12-17(15-7-5-4-6-8-15)25-24(32)18-10-9-14(3)33-18/h4-10,13,16-17,21H,11-12H2,1-3H3,(H,25,32)(H,26,29)(H,27,28,31)/t16-,17+,21?/m1/s1. The Hall–Kier alpha value is -3.33. The first-order valence-electron chi connectivity index (χ1n) is 10.7. The Morgan fingerprint density at radius 2 is 1.76 bits per heavy atom. The summed E-state index contributed by atoms with van der Waals surface area (Å²) in [5.74, 6) is -3.74. The van der Waals surface area contributed by atoms with Crippen molar-refractivity contribution in [3.8, 4) is 0 Å². The molecule has 3 N–H and O–H groups in total. The summed E-state index contributed by atoms with van der Waals surface area (Å²) in [5.41, 5.74) is 0.752. The predicted molar refractivity (Wildman–Crippen MR) is 123 cm³/mol. The van der Waals surface area contributed by atoms with Gasteiger partial charge in [-0.3, -0.25) is 29.3 Å². The zero-order valence-corrected chi connectivity index (χ0v) is 19.5. The topological polar surface area (TPSA) is 121 Å². The average Bonchev–Trinajstić information content (AvgIpc) is 3.36. The van der Waals surface area contributed by atoms with Crippen LogP contribution >= 0.6 is 11.3 Å². The summed E-state index contributed by atoms with van der Waals surface area (Å²) in [4.78, 5) is 63.6. The summed E-state index contributed by atoms with van der Waals surface area (Å²) in [7, 11) is 0. The lowest BCUT2D eigenvalue weighted by Crippen LogP contribution is -2.49. The summed E-state index contributed by atoms with van der Waals surface area (Å²) in [6.45, 7) is 5.42.